The summed E-state index contributed by atoms with van der Waals surface area (Å²) < 4.78 is 16.7. The van der Waals surface area contributed by atoms with Crippen LogP contribution in [0, 0.1) is 0 Å². The van der Waals surface area contributed by atoms with Gasteiger partial charge in [0.15, 0.2) is 6.10 Å². The first kappa shape index (κ1) is 50.1. The molecule has 0 aromatic heterocycles. The van der Waals surface area contributed by atoms with Crippen molar-refractivity contribution < 1.29 is 28.6 Å². The highest BCUT2D eigenvalue weighted by atomic mass is 16.6. The number of hydrogen-bond acceptors (Lipinski definition) is 6. The molecule has 0 aromatic carbocycles. The summed E-state index contributed by atoms with van der Waals surface area (Å²) in [6.07, 6.45) is 43.3. The van der Waals surface area contributed by atoms with E-state index in [1.807, 2.05) is 0 Å². The molecule has 0 aliphatic carbocycles. The number of ether oxygens (including phenoxy) is 3. The van der Waals surface area contributed by atoms with Crippen LogP contribution in [0.4, 0.5) is 0 Å². The fraction of sp³-hybridized carbons (Fsp3) is 0.891. The van der Waals surface area contributed by atoms with Crippen LogP contribution in [0.5, 0.6) is 0 Å². The second-order valence-electron chi connectivity index (χ2n) is 15.3. The minimum atomic E-state index is -0.765. The van der Waals surface area contributed by atoms with Crippen LogP contribution >= 0.6 is 0 Å². The lowest BCUT2D eigenvalue weighted by atomic mass is 10.0. The summed E-state index contributed by atoms with van der Waals surface area (Å²) in [5.41, 5.74) is 0. The zero-order valence-corrected chi connectivity index (χ0v) is 34.8. The van der Waals surface area contributed by atoms with Gasteiger partial charge in [-0.1, -0.05) is 200 Å². The molecule has 0 fully saturated rings. The molecule has 0 unspecified atom stereocenters. The second-order valence-corrected chi connectivity index (χ2v) is 15.3. The Hall–Kier alpha value is -1.85. The monoisotopic (exact) mass is 735 g/mol. The van der Waals surface area contributed by atoms with Crippen LogP contribution in [-0.4, -0.2) is 37.2 Å². The van der Waals surface area contributed by atoms with Gasteiger partial charge in [0.25, 0.3) is 0 Å². The molecule has 6 heteroatoms. The van der Waals surface area contributed by atoms with E-state index in [0.717, 1.165) is 64.2 Å². The molecule has 0 amide bonds. The summed E-state index contributed by atoms with van der Waals surface area (Å²) in [7, 11) is 0. The zero-order chi connectivity index (χ0) is 38.0. The Kier molecular flexibility index (Phi) is 40.4. The van der Waals surface area contributed by atoms with E-state index in [4.69, 9.17) is 14.2 Å². The first-order valence-electron chi connectivity index (χ1n) is 22.7. The summed E-state index contributed by atoms with van der Waals surface area (Å²) >= 11 is 0. The van der Waals surface area contributed by atoms with E-state index in [2.05, 4.69) is 32.9 Å². The van der Waals surface area contributed by atoms with Gasteiger partial charge < -0.3 is 14.2 Å². The molecule has 0 radical (unpaired) electrons. The molecule has 0 spiro atoms. The van der Waals surface area contributed by atoms with Crippen molar-refractivity contribution in [1.82, 2.24) is 0 Å². The predicted octanol–water partition coefficient (Wildman–Crippen LogP) is 14.3. The topological polar surface area (TPSA) is 78.9 Å². The van der Waals surface area contributed by atoms with Gasteiger partial charge in [0.1, 0.15) is 13.2 Å². The van der Waals surface area contributed by atoms with E-state index in [9.17, 15) is 14.4 Å². The number of esters is 3. The van der Waals surface area contributed by atoms with Crippen LogP contribution in [-0.2, 0) is 28.6 Å². The molecule has 0 heterocycles. The Bertz CT molecular complexity index is 809. The molecule has 306 valence electrons. The molecule has 0 rings (SSSR count). The normalized spacial score (nSPS) is 12.0. The third-order valence-electron chi connectivity index (χ3n) is 10.0. The van der Waals surface area contributed by atoms with Crippen molar-refractivity contribution >= 4 is 17.9 Å². The van der Waals surface area contributed by atoms with Gasteiger partial charge in [-0.3, -0.25) is 14.4 Å². The fourth-order valence-electron chi connectivity index (χ4n) is 6.54. The summed E-state index contributed by atoms with van der Waals surface area (Å²) in [4.78, 5) is 37.6. The van der Waals surface area contributed by atoms with Crippen LogP contribution in [0.1, 0.15) is 245 Å². The maximum absolute atomic E-state index is 12.7. The Balaban J connectivity index is 4.35. The van der Waals surface area contributed by atoms with E-state index < -0.39 is 6.10 Å². The average Bonchev–Trinajstić information content (AvgIpc) is 3.14. The van der Waals surface area contributed by atoms with Gasteiger partial charge >= 0.3 is 17.9 Å². The second kappa shape index (κ2) is 41.9. The first-order valence-corrected chi connectivity index (χ1v) is 22.7. The van der Waals surface area contributed by atoms with Gasteiger partial charge in [-0.05, 0) is 38.5 Å². The van der Waals surface area contributed by atoms with Gasteiger partial charge in [0.05, 0.1) is 0 Å². The van der Waals surface area contributed by atoms with Gasteiger partial charge in [0, 0.05) is 19.3 Å². The lowest BCUT2D eigenvalue weighted by molar-refractivity contribution is -0.167. The number of rotatable bonds is 41. The Morgan fingerprint density at radius 1 is 0.365 bits per heavy atom. The van der Waals surface area contributed by atoms with Gasteiger partial charge in [-0.2, -0.15) is 0 Å². The summed E-state index contributed by atoms with van der Waals surface area (Å²) in [6, 6.07) is 0. The van der Waals surface area contributed by atoms with E-state index in [1.165, 1.54) is 141 Å². The molecule has 6 nitrogen and oxygen atoms in total. The minimum absolute atomic E-state index is 0.0691. The molecule has 0 aromatic rings. The van der Waals surface area contributed by atoms with Crippen molar-refractivity contribution in [2.45, 2.75) is 252 Å². The van der Waals surface area contributed by atoms with E-state index >= 15 is 0 Å². The SMILES string of the molecule is CCCC/C=C\CCCCCCCC(=O)O[C@@H](COC(=O)CCCCCCCCCCCCC)COC(=O)CCCCCCCCCCCCCC. The van der Waals surface area contributed by atoms with Crippen molar-refractivity contribution in [3.05, 3.63) is 12.2 Å². The number of allylic oxidation sites excluding steroid dienone is 2. The Morgan fingerprint density at radius 3 is 1.02 bits per heavy atom. The highest BCUT2D eigenvalue weighted by Gasteiger charge is 2.19. The maximum Gasteiger partial charge on any atom is 0.306 e. The zero-order valence-electron chi connectivity index (χ0n) is 34.8. The highest BCUT2D eigenvalue weighted by molar-refractivity contribution is 5.71. The number of carbonyl (C=O) groups excluding carboxylic acids is 3. The van der Waals surface area contributed by atoms with Crippen molar-refractivity contribution in [3.63, 3.8) is 0 Å². The standard InChI is InChI=1S/C46H86O6/c1-4-7-10-13-16-19-22-25-27-30-33-36-39-45(48)51-42-43(52-46(49)40-37-34-31-28-24-21-18-15-12-9-6-3)41-50-44(47)38-35-32-29-26-23-20-17-14-11-8-5-2/h15,18,43H,4-14,16-17,19-42H2,1-3H3/b18-15-/t43-/m0/s1. The van der Waals surface area contributed by atoms with Crippen LogP contribution < -0.4 is 0 Å². The molecule has 0 aliphatic heterocycles. The summed E-state index contributed by atoms with van der Waals surface area (Å²) in [5.74, 6) is -0.872. The molecular formula is C46H86O6. The fourth-order valence-corrected chi connectivity index (χ4v) is 6.54. The van der Waals surface area contributed by atoms with Crippen LogP contribution in [0.15, 0.2) is 12.2 Å². The third kappa shape index (κ3) is 39.4. The van der Waals surface area contributed by atoms with Crippen molar-refractivity contribution in [2.75, 3.05) is 13.2 Å². The minimum Gasteiger partial charge on any atom is -0.462 e. The summed E-state index contributed by atoms with van der Waals surface area (Å²) in [5, 5.41) is 0. The molecule has 0 aliphatic rings. The Labute approximate surface area is 322 Å². The molecular weight excluding hydrogens is 648 g/mol. The summed E-state index contributed by atoms with van der Waals surface area (Å²) in [6.45, 7) is 6.59. The lowest BCUT2D eigenvalue weighted by Gasteiger charge is -2.18. The molecule has 0 saturated carbocycles. The number of unbranched alkanes of at least 4 members (excludes halogenated alkanes) is 28. The third-order valence-corrected chi connectivity index (χ3v) is 10.0. The smallest absolute Gasteiger partial charge is 0.306 e. The number of hydrogen-bond donors (Lipinski definition) is 0. The highest BCUT2D eigenvalue weighted by Crippen LogP contribution is 2.15. The van der Waals surface area contributed by atoms with Gasteiger partial charge in [0.2, 0.25) is 0 Å². The van der Waals surface area contributed by atoms with E-state index in [1.54, 1.807) is 0 Å². The quantitative estimate of drug-likeness (QED) is 0.0269. The van der Waals surface area contributed by atoms with Crippen molar-refractivity contribution in [3.8, 4) is 0 Å². The van der Waals surface area contributed by atoms with E-state index in [0.29, 0.717) is 19.3 Å². The van der Waals surface area contributed by atoms with Gasteiger partial charge in [-0.25, -0.2) is 0 Å². The van der Waals surface area contributed by atoms with Gasteiger partial charge in [-0.15, -0.1) is 0 Å². The Morgan fingerprint density at radius 2 is 0.654 bits per heavy atom. The predicted molar refractivity (Wildman–Crippen MR) is 220 cm³/mol. The molecule has 0 bridgehead atoms. The number of carbonyl (C=O) groups is 3. The first-order chi connectivity index (χ1) is 25.5. The van der Waals surface area contributed by atoms with Crippen LogP contribution in [0.25, 0.3) is 0 Å². The average molecular weight is 735 g/mol. The lowest BCUT2D eigenvalue weighted by Crippen LogP contribution is -2.30. The molecule has 52 heavy (non-hydrogen) atoms. The largest absolute Gasteiger partial charge is 0.462 e. The van der Waals surface area contributed by atoms with Crippen molar-refractivity contribution in [1.29, 1.82) is 0 Å². The van der Waals surface area contributed by atoms with Crippen LogP contribution in [0.3, 0.4) is 0 Å². The van der Waals surface area contributed by atoms with Crippen LogP contribution in [0.2, 0.25) is 0 Å². The molecule has 0 N–H and O–H groups in total. The molecule has 1 atom stereocenters. The maximum atomic E-state index is 12.7. The van der Waals surface area contributed by atoms with E-state index in [-0.39, 0.29) is 31.1 Å². The van der Waals surface area contributed by atoms with Crippen molar-refractivity contribution in [2.24, 2.45) is 0 Å². The molecule has 0 saturated heterocycles.